The molecular weight excluding hydrogens is 319 g/mol. The van der Waals surface area contributed by atoms with E-state index in [2.05, 4.69) is 15.4 Å². The Morgan fingerprint density at radius 2 is 1.83 bits per heavy atom. The van der Waals surface area contributed by atoms with Gasteiger partial charge in [0.2, 0.25) is 0 Å². The van der Waals surface area contributed by atoms with E-state index < -0.39 is 11.7 Å². The first-order valence-corrected chi connectivity index (χ1v) is 7.26. The molecule has 0 saturated heterocycles. The van der Waals surface area contributed by atoms with Gasteiger partial charge in [0, 0.05) is 26.8 Å². The Kier molecular flexibility index (Phi) is 4.04. The van der Waals surface area contributed by atoms with Gasteiger partial charge in [-0.2, -0.15) is 18.3 Å². The average molecular weight is 335 g/mol. The number of anilines is 2. The fraction of sp³-hybridized carbons (Fsp3) is 0.250. The first-order valence-electron chi connectivity index (χ1n) is 7.26. The number of fused-ring (bicyclic) bond motifs is 1. The number of hydrogen-bond donors (Lipinski definition) is 1. The third-order valence-corrected chi connectivity index (χ3v) is 3.59. The zero-order valence-electron chi connectivity index (χ0n) is 13.2. The van der Waals surface area contributed by atoms with Crippen LogP contribution < -0.4 is 10.2 Å². The van der Waals surface area contributed by atoms with E-state index in [4.69, 9.17) is 0 Å². The van der Waals surface area contributed by atoms with Gasteiger partial charge in [0.05, 0.1) is 11.8 Å². The summed E-state index contributed by atoms with van der Waals surface area (Å²) in [5.74, 6) is 0.631. The van der Waals surface area contributed by atoms with Gasteiger partial charge in [-0.3, -0.25) is 0 Å². The Labute approximate surface area is 136 Å². The highest BCUT2D eigenvalue weighted by Gasteiger charge is 2.29. The minimum absolute atomic E-state index is 0.382. The predicted octanol–water partition coefficient (Wildman–Crippen LogP) is 3.43. The Bertz CT molecular complexity index is 837. The van der Waals surface area contributed by atoms with E-state index in [-0.39, 0.29) is 0 Å². The minimum Gasteiger partial charge on any atom is -0.373 e. The highest BCUT2D eigenvalue weighted by Crippen LogP contribution is 2.29. The van der Waals surface area contributed by atoms with Gasteiger partial charge in [-0.05, 0) is 23.8 Å². The maximum absolute atomic E-state index is 12.6. The van der Waals surface area contributed by atoms with Crippen LogP contribution in [0.25, 0.3) is 5.65 Å². The van der Waals surface area contributed by atoms with Crippen LogP contribution in [0.3, 0.4) is 0 Å². The summed E-state index contributed by atoms with van der Waals surface area (Å²) in [7, 11) is 3.81. The Balaban J connectivity index is 1.74. The van der Waals surface area contributed by atoms with E-state index in [1.165, 1.54) is 12.1 Å². The summed E-state index contributed by atoms with van der Waals surface area (Å²) < 4.78 is 39.3. The molecule has 0 radical (unpaired) electrons. The van der Waals surface area contributed by atoms with Crippen molar-refractivity contribution in [3.8, 4) is 0 Å². The lowest BCUT2D eigenvalue weighted by atomic mass is 10.1. The molecule has 126 valence electrons. The maximum atomic E-state index is 12.6. The summed E-state index contributed by atoms with van der Waals surface area (Å²) >= 11 is 0. The molecule has 0 atom stereocenters. The van der Waals surface area contributed by atoms with Crippen LogP contribution in [0.1, 0.15) is 11.1 Å². The minimum atomic E-state index is -4.32. The molecule has 0 aliphatic heterocycles. The van der Waals surface area contributed by atoms with Gasteiger partial charge in [-0.15, -0.1) is 0 Å². The van der Waals surface area contributed by atoms with E-state index in [9.17, 15) is 13.2 Å². The highest BCUT2D eigenvalue weighted by molar-refractivity contribution is 5.68. The van der Waals surface area contributed by atoms with Crippen molar-refractivity contribution in [3.05, 3.63) is 53.9 Å². The first-order chi connectivity index (χ1) is 11.3. The molecule has 2 heterocycles. The van der Waals surface area contributed by atoms with Gasteiger partial charge in [-0.1, -0.05) is 12.1 Å². The number of aromatic nitrogens is 3. The number of halogens is 3. The van der Waals surface area contributed by atoms with E-state index in [1.807, 2.05) is 19.0 Å². The van der Waals surface area contributed by atoms with Crippen LogP contribution in [-0.4, -0.2) is 28.7 Å². The molecule has 8 heteroatoms. The van der Waals surface area contributed by atoms with Gasteiger partial charge in [0.25, 0.3) is 0 Å². The van der Waals surface area contributed by atoms with Gasteiger partial charge < -0.3 is 10.2 Å². The summed E-state index contributed by atoms with van der Waals surface area (Å²) in [6.07, 6.45) is -0.810. The summed E-state index contributed by atoms with van der Waals surface area (Å²) in [6.45, 7) is 0.382. The second-order valence-corrected chi connectivity index (χ2v) is 5.55. The van der Waals surface area contributed by atoms with E-state index in [1.54, 1.807) is 23.0 Å². The SMILES string of the molecule is CN(C)c1cnn2ccc(NCc3ccc(C(F)(F)F)cc3)nc12. The van der Waals surface area contributed by atoms with Crippen LogP contribution in [-0.2, 0) is 12.7 Å². The van der Waals surface area contributed by atoms with E-state index >= 15 is 0 Å². The second-order valence-electron chi connectivity index (χ2n) is 5.55. The molecule has 3 rings (SSSR count). The molecule has 1 N–H and O–H groups in total. The number of rotatable bonds is 4. The lowest BCUT2D eigenvalue weighted by Gasteiger charge is -2.11. The van der Waals surface area contributed by atoms with Crippen molar-refractivity contribution in [2.75, 3.05) is 24.3 Å². The molecule has 1 aromatic carbocycles. The quantitative estimate of drug-likeness (QED) is 0.793. The zero-order chi connectivity index (χ0) is 17.3. The highest BCUT2D eigenvalue weighted by atomic mass is 19.4. The molecule has 0 aliphatic carbocycles. The zero-order valence-corrected chi connectivity index (χ0v) is 13.2. The predicted molar refractivity (Wildman–Crippen MR) is 86.1 cm³/mol. The molecule has 2 aromatic heterocycles. The molecule has 0 aliphatic rings. The van der Waals surface area contributed by atoms with Crippen LogP contribution in [0.4, 0.5) is 24.7 Å². The maximum Gasteiger partial charge on any atom is 0.416 e. The molecule has 3 aromatic rings. The number of alkyl halides is 3. The third-order valence-electron chi connectivity index (χ3n) is 3.59. The summed E-state index contributed by atoms with van der Waals surface area (Å²) in [4.78, 5) is 6.41. The summed E-state index contributed by atoms with van der Waals surface area (Å²) in [6, 6.07) is 6.84. The molecular formula is C16H16F3N5. The lowest BCUT2D eigenvalue weighted by molar-refractivity contribution is -0.137. The molecule has 24 heavy (non-hydrogen) atoms. The normalized spacial score (nSPS) is 11.7. The van der Waals surface area contributed by atoms with Gasteiger partial charge in [0.1, 0.15) is 11.5 Å². The Morgan fingerprint density at radius 1 is 1.12 bits per heavy atom. The molecule has 0 saturated carbocycles. The molecule has 0 amide bonds. The standard InChI is InChI=1S/C16H16F3N5/c1-23(2)13-10-21-24-8-7-14(22-15(13)24)20-9-11-3-5-12(6-4-11)16(17,18)19/h3-8,10H,9H2,1-2H3,(H,20,22). The van der Waals surface area contributed by atoms with Gasteiger partial charge >= 0.3 is 6.18 Å². The van der Waals surface area contributed by atoms with Crippen LogP contribution in [0.2, 0.25) is 0 Å². The molecule has 0 unspecified atom stereocenters. The molecule has 0 fully saturated rings. The largest absolute Gasteiger partial charge is 0.416 e. The summed E-state index contributed by atoms with van der Waals surface area (Å²) in [5, 5.41) is 7.33. The second kappa shape index (κ2) is 6.03. The smallest absolute Gasteiger partial charge is 0.373 e. The Hall–Kier alpha value is -2.77. The molecule has 0 spiro atoms. The number of benzene rings is 1. The average Bonchev–Trinajstić information content (AvgIpc) is 2.96. The number of nitrogens with one attached hydrogen (secondary N) is 1. The third kappa shape index (κ3) is 3.27. The van der Waals surface area contributed by atoms with Crippen molar-refractivity contribution in [1.29, 1.82) is 0 Å². The first kappa shape index (κ1) is 16.1. The molecule has 0 bridgehead atoms. The number of nitrogens with zero attached hydrogens (tertiary/aromatic N) is 4. The van der Waals surface area contributed by atoms with Gasteiger partial charge in [0.15, 0.2) is 5.65 Å². The molecule has 5 nitrogen and oxygen atoms in total. The number of hydrogen-bond acceptors (Lipinski definition) is 4. The van der Waals surface area contributed by atoms with Crippen LogP contribution in [0.15, 0.2) is 42.7 Å². The van der Waals surface area contributed by atoms with Gasteiger partial charge in [-0.25, -0.2) is 9.50 Å². The van der Waals surface area contributed by atoms with E-state index in [0.29, 0.717) is 18.0 Å². The van der Waals surface area contributed by atoms with Crippen molar-refractivity contribution in [2.24, 2.45) is 0 Å². The topological polar surface area (TPSA) is 45.5 Å². The van der Waals surface area contributed by atoms with Crippen molar-refractivity contribution >= 4 is 17.2 Å². The fourth-order valence-electron chi connectivity index (χ4n) is 2.27. The van der Waals surface area contributed by atoms with Crippen molar-refractivity contribution in [3.63, 3.8) is 0 Å². The lowest BCUT2D eigenvalue weighted by Crippen LogP contribution is -2.09. The van der Waals surface area contributed by atoms with Crippen molar-refractivity contribution in [1.82, 2.24) is 14.6 Å². The van der Waals surface area contributed by atoms with Crippen LogP contribution in [0.5, 0.6) is 0 Å². The Morgan fingerprint density at radius 3 is 2.46 bits per heavy atom. The van der Waals surface area contributed by atoms with Crippen molar-refractivity contribution in [2.45, 2.75) is 12.7 Å². The monoisotopic (exact) mass is 335 g/mol. The fourth-order valence-corrected chi connectivity index (χ4v) is 2.27. The van der Waals surface area contributed by atoms with E-state index in [0.717, 1.165) is 23.4 Å². The van der Waals surface area contributed by atoms with Crippen molar-refractivity contribution < 1.29 is 13.2 Å². The van der Waals surface area contributed by atoms with Crippen LogP contribution in [0, 0.1) is 0 Å². The summed E-state index contributed by atoms with van der Waals surface area (Å²) in [5.41, 5.74) is 1.68. The van der Waals surface area contributed by atoms with Crippen LogP contribution >= 0.6 is 0 Å².